The summed E-state index contributed by atoms with van der Waals surface area (Å²) in [5.41, 5.74) is 1.04. The van der Waals surface area contributed by atoms with Gasteiger partial charge in [-0.05, 0) is 20.8 Å². The smallest absolute Gasteiger partial charge is 0.431 e. The van der Waals surface area contributed by atoms with Gasteiger partial charge in [0, 0.05) is 0 Å². The van der Waals surface area contributed by atoms with Gasteiger partial charge in [0.2, 0.25) is 0 Å². The first-order valence-electron chi connectivity index (χ1n) is 4.28. The maximum absolute atomic E-state index is 11.6. The lowest BCUT2D eigenvalue weighted by molar-refractivity contribution is -0.150. The number of rotatable bonds is 3. The number of carbonyl (C=O) groups is 1. The van der Waals surface area contributed by atoms with Crippen LogP contribution in [0.15, 0.2) is 0 Å². The topological polar surface area (TPSA) is 47.6 Å². The van der Waals surface area contributed by atoms with E-state index >= 15 is 0 Å². The zero-order valence-electron chi connectivity index (χ0n) is 8.77. The third kappa shape index (κ3) is 10.9. The number of alkyl halides is 3. The van der Waals surface area contributed by atoms with Crippen molar-refractivity contribution in [1.82, 2.24) is 5.48 Å². The highest BCUT2D eigenvalue weighted by atomic mass is 19.4. The molecule has 15 heavy (non-hydrogen) atoms. The molecule has 0 rings (SSSR count). The van der Waals surface area contributed by atoms with Crippen LogP contribution in [0.4, 0.5) is 18.0 Å². The fraction of sp³-hybridized carbons (Fsp3) is 0.875. The number of hydrogen-bond acceptors (Lipinski definition) is 3. The van der Waals surface area contributed by atoms with E-state index in [0.29, 0.717) is 0 Å². The van der Waals surface area contributed by atoms with Crippen LogP contribution in [0.25, 0.3) is 0 Å². The van der Waals surface area contributed by atoms with Crippen molar-refractivity contribution >= 4 is 6.09 Å². The normalized spacial score (nSPS) is 12.4. The van der Waals surface area contributed by atoms with Gasteiger partial charge in [-0.2, -0.15) is 18.7 Å². The van der Waals surface area contributed by atoms with Crippen molar-refractivity contribution in [1.29, 1.82) is 0 Å². The Morgan fingerprint density at radius 3 is 2.20 bits per heavy atom. The Balaban J connectivity index is 3.57. The monoisotopic (exact) mass is 229 g/mol. The third-order valence-corrected chi connectivity index (χ3v) is 1.04. The minimum atomic E-state index is -4.30. The van der Waals surface area contributed by atoms with Crippen LogP contribution in [0.2, 0.25) is 0 Å². The molecule has 0 spiro atoms. The van der Waals surface area contributed by atoms with E-state index in [1.54, 1.807) is 26.3 Å². The molecule has 0 fully saturated rings. The molecule has 0 radical (unpaired) electrons. The first-order valence-corrected chi connectivity index (χ1v) is 4.28. The Hall–Kier alpha value is -0.980. The Labute approximate surface area is 85.7 Å². The number of nitrogens with one attached hydrogen (secondary N) is 1. The SMILES string of the molecule is CC(C)(C)OC(=O)NOCCC(F)(F)F. The summed E-state index contributed by atoms with van der Waals surface area (Å²) >= 11 is 0. The van der Waals surface area contributed by atoms with E-state index in [9.17, 15) is 18.0 Å². The van der Waals surface area contributed by atoms with Gasteiger partial charge in [-0.3, -0.25) is 4.84 Å². The first kappa shape index (κ1) is 14.0. The highest BCUT2D eigenvalue weighted by molar-refractivity contribution is 5.66. The molecular weight excluding hydrogens is 215 g/mol. The van der Waals surface area contributed by atoms with E-state index in [4.69, 9.17) is 4.74 Å². The zero-order chi connectivity index (χ0) is 12.1. The lowest BCUT2D eigenvalue weighted by atomic mass is 10.2. The molecule has 0 aromatic rings. The van der Waals surface area contributed by atoms with Crippen LogP contribution in [0.5, 0.6) is 0 Å². The van der Waals surface area contributed by atoms with Gasteiger partial charge in [-0.15, -0.1) is 0 Å². The summed E-state index contributed by atoms with van der Waals surface area (Å²) in [6, 6.07) is 0. The fourth-order valence-corrected chi connectivity index (χ4v) is 0.576. The Bertz CT molecular complexity index is 210. The molecule has 0 heterocycles. The molecule has 0 aromatic heterocycles. The van der Waals surface area contributed by atoms with Gasteiger partial charge in [-0.1, -0.05) is 0 Å². The molecule has 0 aliphatic carbocycles. The third-order valence-electron chi connectivity index (χ3n) is 1.04. The molecule has 0 aliphatic heterocycles. The van der Waals surface area contributed by atoms with Crippen LogP contribution < -0.4 is 5.48 Å². The van der Waals surface area contributed by atoms with E-state index < -0.39 is 30.9 Å². The molecule has 1 amide bonds. The molecule has 0 saturated carbocycles. The van der Waals surface area contributed by atoms with Gasteiger partial charge >= 0.3 is 12.3 Å². The van der Waals surface area contributed by atoms with E-state index in [2.05, 4.69) is 4.84 Å². The van der Waals surface area contributed by atoms with Gasteiger partial charge in [-0.25, -0.2) is 4.79 Å². The van der Waals surface area contributed by atoms with Crippen LogP contribution in [0.3, 0.4) is 0 Å². The summed E-state index contributed by atoms with van der Waals surface area (Å²) in [4.78, 5) is 15.1. The quantitative estimate of drug-likeness (QED) is 0.597. The fourth-order valence-electron chi connectivity index (χ4n) is 0.576. The van der Waals surface area contributed by atoms with Gasteiger partial charge in [0.05, 0.1) is 13.0 Å². The lowest BCUT2D eigenvalue weighted by Gasteiger charge is -2.19. The molecule has 0 bridgehead atoms. The van der Waals surface area contributed by atoms with Crippen LogP contribution in [0, 0.1) is 0 Å². The summed E-state index contributed by atoms with van der Waals surface area (Å²) in [6.45, 7) is 4.25. The Morgan fingerprint density at radius 2 is 1.80 bits per heavy atom. The minimum Gasteiger partial charge on any atom is -0.442 e. The van der Waals surface area contributed by atoms with Crippen LogP contribution in [-0.4, -0.2) is 24.5 Å². The molecule has 90 valence electrons. The van der Waals surface area contributed by atoms with Crippen molar-refractivity contribution < 1.29 is 27.5 Å². The second kappa shape index (κ2) is 5.20. The van der Waals surface area contributed by atoms with E-state index in [-0.39, 0.29) is 0 Å². The number of hydrogen-bond donors (Lipinski definition) is 1. The van der Waals surface area contributed by atoms with Gasteiger partial charge < -0.3 is 4.74 Å². The van der Waals surface area contributed by atoms with Gasteiger partial charge in [0.15, 0.2) is 0 Å². The minimum absolute atomic E-state index is 0.636. The van der Waals surface area contributed by atoms with E-state index in [0.717, 1.165) is 0 Å². The summed E-state index contributed by atoms with van der Waals surface area (Å²) in [5, 5.41) is 0. The molecule has 4 nitrogen and oxygen atoms in total. The number of hydroxylamine groups is 1. The van der Waals surface area contributed by atoms with Crippen molar-refractivity contribution in [3.05, 3.63) is 0 Å². The van der Waals surface area contributed by atoms with Crippen LogP contribution in [0.1, 0.15) is 27.2 Å². The molecule has 7 heteroatoms. The second-order valence-corrected chi connectivity index (χ2v) is 3.82. The molecule has 0 saturated heterocycles. The van der Waals surface area contributed by atoms with E-state index in [1.807, 2.05) is 0 Å². The van der Waals surface area contributed by atoms with Crippen LogP contribution in [-0.2, 0) is 9.57 Å². The predicted octanol–water partition coefficient (Wildman–Crippen LogP) is 2.40. The number of halogens is 3. The number of carbonyl (C=O) groups excluding carboxylic acids is 1. The van der Waals surface area contributed by atoms with Crippen molar-refractivity contribution in [3.63, 3.8) is 0 Å². The molecule has 0 unspecified atom stereocenters. The van der Waals surface area contributed by atoms with E-state index in [1.165, 1.54) is 0 Å². The number of amides is 1. The average molecular weight is 229 g/mol. The molecule has 1 N–H and O–H groups in total. The average Bonchev–Trinajstić information content (AvgIpc) is 1.92. The Morgan fingerprint density at radius 1 is 1.27 bits per heavy atom. The summed E-state index contributed by atoms with van der Waals surface area (Å²) < 4.78 is 39.6. The summed E-state index contributed by atoms with van der Waals surface area (Å²) in [6.07, 6.45) is -6.33. The first-order chi connectivity index (χ1) is 6.60. The van der Waals surface area contributed by atoms with Gasteiger partial charge in [0.25, 0.3) is 0 Å². The zero-order valence-corrected chi connectivity index (χ0v) is 8.77. The molecule has 0 aromatic carbocycles. The number of ether oxygens (including phenoxy) is 1. The van der Waals surface area contributed by atoms with Crippen molar-refractivity contribution in [3.8, 4) is 0 Å². The molecular formula is C8H14F3NO3. The highest BCUT2D eigenvalue weighted by Gasteiger charge is 2.26. The van der Waals surface area contributed by atoms with Crippen LogP contribution >= 0.6 is 0 Å². The summed E-state index contributed by atoms with van der Waals surface area (Å²) in [5.74, 6) is 0. The largest absolute Gasteiger partial charge is 0.442 e. The molecule has 0 atom stereocenters. The highest BCUT2D eigenvalue weighted by Crippen LogP contribution is 2.18. The maximum Gasteiger partial charge on any atom is 0.431 e. The van der Waals surface area contributed by atoms with Crippen molar-refractivity contribution in [2.24, 2.45) is 0 Å². The predicted molar refractivity (Wildman–Crippen MR) is 46.0 cm³/mol. The standard InChI is InChI=1S/C8H14F3NO3/c1-7(2,3)15-6(13)12-14-5-4-8(9,10)11/h4-5H2,1-3H3,(H,12,13). The van der Waals surface area contributed by atoms with Crippen molar-refractivity contribution in [2.75, 3.05) is 6.61 Å². The van der Waals surface area contributed by atoms with Crippen molar-refractivity contribution in [2.45, 2.75) is 39.0 Å². The maximum atomic E-state index is 11.6. The second-order valence-electron chi connectivity index (χ2n) is 3.82. The summed E-state index contributed by atoms with van der Waals surface area (Å²) in [7, 11) is 0. The Kier molecular flexibility index (Phi) is 4.86. The van der Waals surface area contributed by atoms with Gasteiger partial charge in [0.1, 0.15) is 5.60 Å². The molecule has 0 aliphatic rings. The lowest BCUT2D eigenvalue weighted by Crippen LogP contribution is -2.33.